The van der Waals surface area contributed by atoms with E-state index in [9.17, 15) is 13.6 Å². The first-order chi connectivity index (χ1) is 14.4. The predicted molar refractivity (Wildman–Crippen MR) is 111 cm³/mol. The van der Waals surface area contributed by atoms with Gasteiger partial charge in [-0.25, -0.2) is 13.6 Å². The molecule has 3 aromatic rings. The number of carbonyl (C=O) groups is 1. The number of halogens is 2. The zero-order valence-electron chi connectivity index (χ0n) is 16.8. The van der Waals surface area contributed by atoms with Gasteiger partial charge < -0.3 is 4.74 Å². The summed E-state index contributed by atoms with van der Waals surface area (Å²) in [5, 5.41) is 8.70. The Bertz CT molecular complexity index is 1060. The van der Waals surface area contributed by atoms with Crippen molar-refractivity contribution in [2.24, 2.45) is 5.92 Å². The Hall–Kier alpha value is -3.52. The fourth-order valence-electron chi connectivity index (χ4n) is 3.06. The lowest BCUT2D eigenvalue weighted by Crippen LogP contribution is -2.09. The van der Waals surface area contributed by atoms with Gasteiger partial charge in [-0.3, -0.25) is 0 Å². The predicted octanol–water partition coefficient (Wildman–Crippen LogP) is 6.31. The van der Waals surface area contributed by atoms with Crippen molar-refractivity contribution in [3.63, 3.8) is 0 Å². The Morgan fingerprint density at radius 3 is 2.03 bits per heavy atom. The molecule has 0 spiro atoms. The van der Waals surface area contributed by atoms with Crippen molar-refractivity contribution in [2.75, 3.05) is 0 Å². The largest absolute Gasteiger partial charge is 0.423 e. The summed E-state index contributed by atoms with van der Waals surface area (Å²) in [6.45, 7) is 4.41. The van der Waals surface area contributed by atoms with Crippen molar-refractivity contribution in [3.8, 4) is 22.9 Å². The van der Waals surface area contributed by atoms with Crippen LogP contribution < -0.4 is 4.74 Å². The fourth-order valence-corrected chi connectivity index (χ4v) is 3.06. The highest BCUT2D eigenvalue weighted by molar-refractivity contribution is 5.91. The van der Waals surface area contributed by atoms with E-state index in [1.807, 2.05) is 12.1 Å². The molecule has 0 heterocycles. The number of carbonyl (C=O) groups excluding carboxylic acids is 1. The van der Waals surface area contributed by atoms with Gasteiger partial charge in [0, 0.05) is 12.1 Å². The van der Waals surface area contributed by atoms with Crippen LogP contribution in [0.4, 0.5) is 8.78 Å². The van der Waals surface area contributed by atoms with E-state index < -0.39 is 23.2 Å². The molecule has 30 heavy (non-hydrogen) atoms. The third kappa shape index (κ3) is 4.90. The minimum absolute atomic E-state index is 0.248. The van der Waals surface area contributed by atoms with E-state index in [4.69, 9.17) is 10.00 Å². The number of nitrogens with zero attached hydrogens (tertiary/aromatic N) is 1. The van der Waals surface area contributed by atoms with E-state index in [2.05, 4.69) is 26.0 Å². The molecule has 3 aromatic carbocycles. The van der Waals surface area contributed by atoms with Gasteiger partial charge in [-0.05, 0) is 41.2 Å². The van der Waals surface area contributed by atoms with E-state index >= 15 is 0 Å². The molecule has 3 nitrogen and oxygen atoms in total. The quantitative estimate of drug-likeness (QED) is 0.357. The second-order valence-electron chi connectivity index (χ2n) is 7.26. The topological polar surface area (TPSA) is 50.1 Å². The molecule has 0 saturated heterocycles. The monoisotopic (exact) mass is 405 g/mol. The van der Waals surface area contributed by atoms with Crippen LogP contribution in [0.5, 0.6) is 5.75 Å². The normalized spacial score (nSPS) is 11.6. The summed E-state index contributed by atoms with van der Waals surface area (Å²) in [6.07, 6.45) is 2.18. The summed E-state index contributed by atoms with van der Waals surface area (Å²) in [4.78, 5) is 12.3. The van der Waals surface area contributed by atoms with E-state index in [0.29, 0.717) is 5.92 Å². The highest BCUT2D eigenvalue weighted by atomic mass is 19.1. The van der Waals surface area contributed by atoms with Gasteiger partial charge in [-0.15, -0.1) is 0 Å². The molecular weight excluding hydrogens is 384 g/mol. The first kappa shape index (κ1) is 21.2. The molecule has 0 radical (unpaired) electrons. The van der Waals surface area contributed by atoms with Gasteiger partial charge in [0.15, 0.2) is 0 Å². The van der Waals surface area contributed by atoms with Crippen molar-refractivity contribution in [1.82, 2.24) is 0 Å². The molecule has 0 aromatic heterocycles. The molecule has 152 valence electrons. The lowest BCUT2D eigenvalue weighted by Gasteiger charge is -2.10. The SMILES string of the molecule is CC[C@H](C)Cc1ccc(-c2ccc(C(=O)Oc3cc(F)c(C#N)c(F)c3)cc2)cc1. The first-order valence-electron chi connectivity index (χ1n) is 9.72. The summed E-state index contributed by atoms with van der Waals surface area (Å²) in [6, 6.07) is 18.1. The van der Waals surface area contributed by atoms with Gasteiger partial charge in [-0.2, -0.15) is 5.26 Å². The fraction of sp³-hybridized carbons (Fsp3) is 0.200. The molecule has 0 N–H and O–H groups in total. The number of benzene rings is 3. The lowest BCUT2D eigenvalue weighted by molar-refractivity contribution is 0.0734. The van der Waals surface area contributed by atoms with Crippen LogP contribution in [-0.2, 0) is 6.42 Å². The Kier molecular flexibility index (Phi) is 6.58. The maximum Gasteiger partial charge on any atom is 0.343 e. The zero-order chi connectivity index (χ0) is 21.7. The third-order valence-corrected chi connectivity index (χ3v) is 5.03. The maximum atomic E-state index is 13.7. The number of nitriles is 1. The molecular formula is C25H21F2NO2. The Labute approximate surface area is 174 Å². The minimum atomic E-state index is -1.08. The Morgan fingerprint density at radius 2 is 1.53 bits per heavy atom. The van der Waals surface area contributed by atoms with Crippen LogP contribution in [0.1, 0.15) is 41.8 Å². The van der Waals surface area contributed by atoms with E-state index in [-0.39, 0.29) is 11.3 Å². The molecule has 0 saturated carbocycles. The van der Waals surface area contributed by atoms with Gasteiger partial charge in [0.25, 0.3) is 0 Å². The van der Waals surface area contributed by atoms with E-state index in [1.54, 1.807) is 24.3 Å². The lowest BCUT2D eigenvalue weighted by atomic mass is 9.96. The summed E-state index contributed by atoms with van der Waals surface area (Å²) in [7, 11) is 0. The molecule has 1 atom stereocenters. The second kappa shape index (κ2) is 9.32. The smallest absolute Gasteiger partial charge is 0.343 e. The molecule has 0 fully saturated rings. The van der Waals surface area contributed by atoms with Crippen LogP contribution in [0.2, 0.25) is 0 Å². The van der Waals surface area contributed by atoms with E-state index in [1.165, 1.54) is 11.6 Å². The van der Waals surface area contributed by atoms with Gasteiger partial charge in [0.2, 0.25) is 0 Å². The summed E-state index contributed by atoms with van der Waals surface area (Å²) >= 11 is 0. The van der Waals surface area contributed by atoms with Crippen LogP contribution in [0, 0.1) is 28.9 Å². The Balaban J connectivity index is 1.71. The molecule has 0 aliphatic carbocycles. The molecule has 0 aliphatic heterocycles. The summed E-state index contributed by atoms with van der Waals surface area (Å²) in [5.41, 5.74) is 2.79. The van der Waals surface area contributed by atoms with Gasteiger partial charge in [0.1, 0.15) is 29.0 Å². The third-order valence-electron chi connectivity index (χ3n) is 5.03. The number of ether oxygens (including phenoxy) is 1. The second-order valence-corrected chi connectivity index (χ2v) is 7.26. The average Bonchev–Trinajstić information content (AvgIpc) is 2.74. The average molecular weight is 405 g/mol. The van der Waals surface area contributed by atoms with Gasteiger partial charge in [-0.1, -0.05) is 56.7 Å². The molecule has 0 unspecified atom stereocenters. The zero-order valence-corrected chi connectivity index (χ0v) is 16.8. The van der Waals surface area contributed by atoms with Crippen LogP contribution in [0.3, 0.4) is 0 Å². The highest BCUT2D eigenvalue weighted by Crippen LogP contribution is 2.24. The van der Waals surface area contributed by atoms with Crippen LogP contribution in [0.25, 0.3) is 11.1 Å². The van der Waals surface area contributed by atoms with Crippen molar-refractivity contribution in [2.45, 2.75) is 26.7 Å². The molecule has 0 aliphatic rings. The van der Waals surface area contributed by atoms with Gasteiger partial charge in [0.05, 0.1) is 5.56 Å². The number of hydrogen-bond acceptors (Lipinski definition) is 3. The van der Waals surface area contributed by atoms with Gasteiger partial charge >= 0.3 is 5.97 Å². The standard InChI is InChI=1S/C25H21F2NO2/c1-3-16(2)12-17-4-6-18(7-5-17)19-8-10-20(11-9-19)25(29)30-21-13-23(26)22(15-28)24(27)14-21/h4-11,13-14,16H,3,12H2,1-2H3/t16-/m0/s1. The van der Waals surface area contributed by atoms with Crippen LogP contribution >= 0.6 is 0 Å². The molecule has 3 rings (SSSR count). The summed E-state index contributed by atoms with van der Waals surface area (Å²) < 4.78 is 32.4. The van der Waals surface area contributed by atoms with Crippen LogP contribution in [0.15, 0.2) is 60.7 Å². The number of rotatable bonds is 6. The Morgan fingerprint density at radius 1 is 1.00 bits per heavy atom. The number of esters is 1. The number of hydrogen-bond donors (Lipinski definition) is 0. The first-order valence-corrected chi connectivity index (χ1v) is 9.72. The van der Waals surface area contributed by atoms with E-state index in [0.717, 1.165) is 36.1 Å². The van der Waals surface area contributed by atoms with Crippen molar-refractivity contribution in [3.05, 3.63) is 89.0 Å². The molecule has 0 amide bonds. The van der Waals surface area contributed by atoms with Crippen molar-refractivity contribution < 1.29 is 18.3 Å². The summed E-state index contributed by atoms with van der Waals surface area (Å²) in [5.74, 6) is -2.55. The van der Waals surface area contributed by atoms with Crippen LogP contribution in [-0.4, -0.2) is 5.97 Å². The highest BCUT2D eigenvalue weighted by Gasteiger charge is 2.15. The van der Waals surface area contributed by atoms with Crippen molar-refractivity contribution in [1.29, 1.82) is 5.26 Å². The maximum absolute atomic E-state index is 13.7. The molecule has 5 heteroatoms. The van der Waals surface area contributed by atoms with Crippen molar-refractivity contribution >= 4 is 5.97 Å². The minimum Gasteiger partial charge on any atom is -0.423 e. The molecule has 0 bridgehead atoms.